The van der Waals surface area contributed by atoms with Crippen LogP contribution in [0.5, 0.6) is 0 Å². The molecule has 104 valence electrons. The van der Waals surface area contributed by atoms with E-state index in [-0.39, 0.29) is 12.8 Å². The number of carbonyl (C=O) groups is 3. The van der Waals surface area contributed by atoms with E-state index in [4.69, 9.17) is 5.11 Å². The number of methoxy groups -OCH3 is 1. The minimum atomic E-state index is -1.17. The summed E-state index contributed by atoms with van der Waals surface area (Å²) in [5.74, 6) is -1.67. The van der Waals surface area contributed by atoms with Gasteiger partial charge in [-0.15, -0.1) is 0 Å². The number of amides is 2. The molecular weight excluding hydrogens is 240 g/mol. The lowest BCUT2D eigenvalue weighted by atomic mass is 10.1. The first-order valence-electron chi connectivity index (χ1n) is 5.81. The number of urea groups is 1. The average molecular weight is 260 g/mol. The Labute approximate surface area is 106 Å². The average Bonchev–Trinajstić information content (AvgIpc) is 2.34. The third-order valence-electron chi connectivity index (χ3n) is 2.51. The summed E-state index contributed by atoms with van der Waals surface area (Å²) in [7, 11) is 1.23. The molecule has 0 aromatic heterocycles. The predicted octanol–water partition coefficient (Wildman–Crippen LogP) is 0.444. The van der Waals surface area contributed by atoms with Crippen LogP contribution in [-0.2, 0) is 14.3 Å². The summed E-state index contributed by atoms with van der Waals surface area (Å²) in [6.07, 6.45) is -0.0407. The van der Waals surface area contributed by atoms with Crippen molar-refractivity contribution in [1.82, 2.24) is 10.2 Å². The number of rotatable bonds is 7. The number of carbonyl (C=O) groups excluding carboxylic acids is 2. The Morgan fingerprint density at radius 2 is 1.83 bits per heavy atom. The lowest BCUT2D eigenvalue weighted by molar-refractivity contribution is -0.142. The standard InChI is InChI=1S/C11H20N2O5/c1-4-13(5-2)11(17)12-8(10(15)16)6-7-9(14)18-3/h8H,4-7H2,1-3H3,(H,12,17)(H,15,16). The molecule has 0 heterocycles. The maximum atomic E-state index is 11.7. The minimum absolute atomic E-state index is 0.00894. The quantitative estimate of drug-likeness (QED) is 0.648. The van der Waals surface area contributed by atoms with E-state index in [1.807, 2.05) is 0 Å². The number of aliphatic carboxylic acids is 1. The Balaban J connectivity index is 4.40. The van der Waals surface area contributed by atoms with Crippen LogP contribution in [0, 0.1) is 0 Å². The number of esters is 1. The van der Waals surface area contributed by atoms with Gasteiger partial charge in [0, 0.05) is 19.5 Å². The fraction of sp³-hybridized carbons (Fsp3) is 0.727. The molecule has 0 fully saturated rings. The van der Waals surface area contributed by atoms with Gasteiger partial charge in [-0.1, -0.05) is 0 Å². The van der Waals surface area contributed by atoms with Gasteiger partial charge in [0.25, 0.3) is 0 Å². The van der Waals surface area contributed by atoms with E-state index in [0.717, 1.165) is 0 Å². The summed E-state index contributed by atoms with van der Waals surface area (Å²) in [6.45, 7) is 4.58. The molecule has 0 bridgehead atoms. The van der Waals surface area contributed by atoms with Gasteiger partial charge < -0.3 is 20.1 Å². The molecule has 1 atom stereocenters. The van der Waals surface area contributed by atoms with Crippen molar-refractivity contribution >= 4 is 18.0 Å². The van der Waals surface area contributed by atoms with Crippen molar-refractivity contribution in [2.24, 2.45) is 0 Å². The van der Waals surface area contributed by atoms with Crippen molar-refractivity contribution < 1.29 is 24.2 Å². The smallest absolute Gasteiger partial charge is 0.326 e. The first kappa shape index (κ1) is 16.2. The van der Waals surface area contributed by atoms with E-state index in [2.05, 4.69) is 10.1 Å². The van der Waals surface area contributed by atoms with Crippen LogP contribution in [0.2, 0.25) is 0 Å². The van der Waals surface area contributed by atoms with Gasteiger partial charge in [-0.2, -0.15) is 0 Å². The van der Waals surface area contributed by atoms with E-state index >= 15 is 0 Å². The van der Waals surface area contributed by atoms with E-state index in [1.54, 1.807) is 13.8 Å². The first-order valence-corrected chi connectivity index (χ1v) is 5.81. The Bertz CT molecular complexity index is 302. The molecule has 0 saturated heterocycles. The van der Waals surface area contributed by atoms with E-state index in [9.17, 15) is 14.4 Å². The van der Waals surface area contributed by atoms with Crippen LogP contribution in [-0.4, -0.2) is 54.2 Å². The molecule has 0 aliphatic carbocycles. The van der Waals surface area contributed by atoms with Crippen molar-refractivity contribution in [2.45, 2.75) is 32.7 Å². The number of carboxylic acid groups (broad SMARTS) is 1. The summed E-state index contributed by atoms with van der Waals surface area (Å²) in [5, 5.41) is 11.3. The van der Waals surface area contributed by atoms with Crippen molar-refractivity contribution in [3.63, 3.8) is 0 Å². The Kier molecular flexibility index (Phi) is 7.50. The highest BCUT2D eigenvalue weighted by Gasteiger charge is 2.22. The Morgan fingerprint density at radius 3 is 2.22 bits per heavy atom. The lowest BCUT2D eigenvalue weighted by Crippen LogP contribution is -2.48. The molecule has 0 aromatic rings. The number of hydrogen-bond acceptors (Lipinski definition) is 4. The molecule has 0 aromatic carbocycles. The predicted molar refractivity (Wildman–Crippen MR) is 64.1 cm³/mol. The van der Waals surface area contributed by atoms with Gasteiger partial charge in [-0.3, -0.25) is 4.79 Å². The summed E-state index contributed by atoms with van der Waals surface area (Å²) in [6, 6.07) is -1.53. The second kappa shape index (κ2) is 8.32. The van der Waals surface area contributed by atoms with Crippen LogP contribution in [0.4, 0.5) is 4.79 Å². The summed E-state index contributed by atoms with van der Waals surface area (Å²) >= 11 is 0. The highest BCUT2D eigenvalue weighted by atomic mass is 16.5. The van der Waals surface area contributed by atoms with Gasteiger partial charge in [-0.25, -0.2) is 9.59 Å². The molecule has 0 spiro atoms. The number of nitrogens with zero attached hydrogens (tertiary/aromatic N) is 1. The zero-order chi connectivity index (χ0) is 14.1. The van der Waals surface area contributed by atoms with Crippen LogP contribution >= 0.6 is 0 Å². The zero-order valence-electron chi connectivity index (χ0n) is 10.9. The zero-order valence-corrected chi connectivity index (χ0v) is 10.9. The number of carboxylic acids is 1. The number of hydrogen-bond donors (Lipinski definition) is 2. The van der Waals surface area contributed by atoms with Crippen molar-refractivity contribution in [3.8, 4) is 0 Å². The molecule has 7 nitrogen and oxygen atoms in total. The number of ether oxygens (including phenoxy) is 1. The van der Waals surface area contributed by atoms with Gasteiger partial charge in [0.1, 0.15) is 6.04 Å². The van der Waals surface area contributed by atoms with E-state index in [0.29, 0.717) is 13.1 Å². The fourth-order valence-corrected chi connectivity index (χ4v) is 1.37. The molecule has 2 amide bonds. The molecule has 7 heteroatoms. The van der Waals surface area contributed by atoms with Gasteiger partial charge in [0.2, 0.25) is 0 Å². The van der Waals surface area contributed by atoms with Gasteiger partial charge in [-0.05, 0) is 20.3 Å². The van der Waals surface area contributed by atoms with E-state index in [1.165, 1.54) is 12.0 Å². The third-order valence-corrected chi connectivity index (χ3v) is 2.51. The highest BCUT2D eigenvalue weighted by Crippen LogP contribution is 2.01. The largest absolute Gasteiger partial charge is 0.480 e. The molecule has 0 saturated carbocycles. The molecule has 1 unspecified atom stereocenters. The molecule has 2 N–H and O–H groups in total. The van der Waals surface area contributed by atoms with Gasteiger partial charge >= 0.3 is 18.0 Å². The van der Waals surface area contributed by atoms with Gasteiger partial charge in [0.05, 0.1) is 7.11 Å². The molecular formula is C11H20N2O5. The first-order chi connectivity index (χ1) is 8.46. The maximum absolute atomic E-state index is 11.7. The summed E-state index contributed by atoms with van der Waals surface area (Å²) in [4.78, 5) is 35.0. The molecule has 0 aliphatic heterocycles. The van der Waals surface area contributed by atoms with Crippen molar-refractivity contribution in [1.29, 1.82) is 0 Å². The summed E-state index contributed by atoms with van der Waals surface area (Å²) in [5.41, 5.74) is 0. The SMILES string of the molecule is CCN(CC)C(=O)NC(CCC(=O)OC)C(=O)O. The topological polar surface area (TPSA) is 95.9 Å². The Morgan fingerprint density at radius 1 is 1.28 bits per heavy atom. The van der Waals surface area contributed by atoms with E-state index < -0.39 is 24.0 Å². The minimum Gasteiger partial charge on any atom is -0.480 e. The highest BCUT2D eigenvalue weighted by molar-refractivity contribution is 5.83. The lowest BCUT2D eigenvalue weighted by Gasteiger charge is -2.22. The van der Waals surface area contributed by atoms with Crippen molar-refractivity contribution in [2.75, 3.05) is 20.2 Å². The van der Waals surface area contributed by atoms with Crippen molar-refractivity contribution in [3.05, 3.63) is 0 Å². The van der Waals surface area contributed by atoms with Crippen LogP contribution in [0.1, 0.15) is 26.7 Å². The second-order valence-corrected chi connectivity index (χ2v) is 3.63. The summed E-state index contributed by atoms with van der Waals surface area (Å²) < 4.78 is 4.42. The van der Waals surface area contributed by atoms with Gasteiger partial charge in [0.15, 0.2) is 0 Å². The number of nitrogens with one attached hydrogen (secondary N) is 1. The monoisotopic (exact) mass is 260 g/mol. The Hall–Kier alpha value is -1.79. The van der Waals surface area contributed by atoms with Crippen LogP contribution in [0.25, 0.3) is 0 Å². The fourth-order valence-electron chi connectivity index (χ4n) is 1.37. The molecule has 0 rings (SSSR count). The second-order valence-electron chi connectivity index (χ2n) is 3.63. The van der Waals surface area contributed by atoms with Crippen LogP contribution in [0.15, 0.2) is 0 Å². The normalized spacial score (nSPS) is 11.5. The molecule has 0 aliphatic rings. The molecule has 18 heavy (non-hydrogen) atoms. The third kappa shape index (κ3) is 5.51. The maximum Gasteiger partial charge on any atom is 0.326 e. The molecule has 0 radical (unpaired) electrons. The van der Waals surface area contributed by atoms with Crippen LogP contribution < -0.4 is 5.32 Å². The van der Waals surface area contributed by atoms with Crippen LogP contribution in [0.3, 0.4) is 0 Å².